The molecule has 1 rings (SSSR count). The van der Waals surface area contributed by atoms with Gasteiger partial charge in [-0.3, -0.25) is 4.99 Å². The second-order valence-electron chi connectivity index (χ2n) is 0.883. The van der Waals surface area contributed by atoms with Crippen LogP contribution >= 0.6 is 0 Å². The zero-order valence-corrected chi connectivity index (χ0v) is 5.18. The fraction of sp³-hybridized carbons (Fsp3) is 0. The van der Waals surface area contributed by atoms with E-state index in [2.05, 4.69) is 10.7 Å². The zero-order valence-electron chi connectivity index (χ0n) is 3.18. The minimum absolute atomic E-state index is 0.951. The van der Waals surface area contributed by atoms with Gasteiger partial charge < -0.3 is 0 Å². The lowest BCUT2D eigenvalue weighted by Crippen LogP contribution is -1.97. The van der Waals surface area contributed by atoms with Crippen LogP contribution in [-0.4, -0.2) is 35.0 Å². The number of aliphatic imine (C=N–C) groups is 1. The first-order chi connectivity index (χ1) is 3.00. The molecule has 6 heavy (non-hydrogen) atoms. The predicted molar refractivity (Wildman–Crippen MR) is 32.1 cm³/mol. The summed E-state index contributed by atoms with van der Waals surface area (Å²) in [6, 6.07) is 0. The molecule has 0 unspecified atom stereocenters. The molecular weight excluding hydrogens is 106 g/mol. The zero-order chi connectivity index (χ0) is 4.24. The molecule has 0 aromatic rings. The highest BCUT2D eigenvalue weighted by Gasteiger charge is 1.68. The fourth-order valence-electron chi connectivity index (χ4n) is 0.246. The van der Waals surface area contributed by atoms with Crippen LogP contribution in [0, 0.1) is 0 Å². The highest BCUT2D eigenvalue weighted by molar-refractivity contribution is 7.07. The summed E-state index contributed by atoms with van der Waals surface area (Å²) in [5.41, 5.74) is 2.11. The van der Waals surface area contributed by atoms with Gasteiger partial charge in [-0.2, -0.15) is 0 Å². The van der Waals surface area contributed by atoms with E-state index in [9.17, 15) is 0 Å². The maximum atomic E-state index is 3.89. The summed E-state index contributed by atoms with van der Waals surface area (Å²) in [6.45, 7) is 0. The first kappa shape index (κ1) is 4.01. The van der Waals surface area contributed by atoms with Crippen LogP contribution in [0.1, 0.15) is 0 Å². The van der Waals surface area contributed by atoms with Crippen LogP contribution < -0.4 is 0 Å². The Hall–Kier alpha value is -0.156. The average Bonchev–Trinajstić information content (AvgIpc) is 1.72. The van der Waals surface area contributed by atoms with Crippen LogP contribution in [0.2, 0.25) is 0 Å². The van der Waals surface area contributed by atoms with E-state index >= 15 is 0 Å². The summed E-state index contributed by atoms with van der Waals surface area (Å²) in [5, 5.41) is 0. The third-order valence-electron chi connectivity index (χ3n) is 0.466. The highest BCUT2D eigenvalue weighted by Crippen LogP contribution is 1.51. The summed E-state index contributed by atoms with van der Waals surface area (Å²) in [5.74, 6) is 1.97. The third kappa shape index (κ3) is 0.910. The lowest BCUT2D eigenvalue weighted by molar-refractivity contribution is 1.91. The summed E-state index contributed by atoms with van der Waals surface area (Å²) in [4.78, 5) is 3.89. The quantitative estimate of drug-likeness (QED) is 0.352. The second kappa shape index (κ2) is 2.10. The van der Waals surface area contributed by atoms with E-state index in [1.165, 1.54) is 0 Å². The summed E-state index contributed by atoms with van der Waals surface area (Å²) >= 11 is 0. The molecule has 0 bridgehead atoms. The molecule has 1 heterocycles. The van der Waals surface area contributed by atoms with Gasteiger partial charge in [0, 0.05) is 20.7 Å². The van der Waals surface area contributed by atoms with Gasteiger partial charge in [-0.15, -0.1) is 0 Å². The summed E-state index contributed by atoms with van der Waals surface area (Å²) < 4.78 is 0. The molecule has 1 nitrogen and oxygen atoms in total. The predicted octanol–water partition coefficient (Wildman–Crippen LogP) is -1.04. The molecule has 0 saturated carbocycles. The molecule has 0 saturated heterocycles. The van der Waals surface area contributed by atoms with Crippen LogP contribution in [0.25, 0.3) is 0 Å². The monoisotopic (exact) mass is 109 g/mol. The molecule has 0 fully saturated rings. The number of hydrogen-bond donors (Lipinski definition) is 0. The van der Waals surface area contributed by atoms with Crippen molar-refractivity contribution in [3.63, 3.8) is 0 Å². The van der Waals surface area contributed by atoms with Gasteiger partial charge >= 0.3 is 0 Å². The molecule has 0 aromatic carbocycles. The molecular formula is C3H3NSi2. The highest BCUT2D eigenvalue weighted by atomic mass is 29.1. The van der Waals surface area contributed by atoms with E-state index < -0.39 is 0 Å². The molecule has 28 valence electrons. The van der Waals surface area contributed by atoms with Gasteiger partial charge in [0.05, 0.1) is 8.65 Å². The van der Waals surface area contributed by atoms with Crippen molar-refractivity contribution in [1.29, 1.82) is 0 Å². The van der Waals surface area contributed by atoms with Crippen LogP contribution in [0.3, 0.4) is 0 Å². The normalized spacial score (nSPS) is 16.0. The summed E-state index contributed by atoms with van der Waals surface area (Å²) in [7, 11) is 1.95. The van der Waals surface area contributed by atoms with Gasteiger partial charge in [-0.25, -0.2) is 0 Å². The number of rotatable bonds is 0. The first-order valence-corrected chi connectivity index (χ1v) is 4.83. The van der Waals surface area contributed by atoms with E-state index in [0.717, 1.165) is 17.3 Å². The molecule has 0 aromatic heterocycles. The Morgan fingerprint density at radius 3 is 2.50 bits per heavy atom. The molecule has 0 aliphatic carbocycles. The topological polar surface area (TPSA) is 12.4 Å². The van der Waals surface area contributed by atoms with Gasteiger partial charge in [-0.05, 0) is 0 Å². The standard InChI is InChI=1S/C3H3NSi2/c1-2-5-6-3-4-1/h1-3H. The minimum atomic E-state index is 0.951. The first-order valence-electron chi connectivity index (χ1n) is 1.68. The van der Waals surface area contributed by atoms with E-state index in [1.54, 1.807) is 0 Å². The average molecular weight is 109 g/mol. The van der Waals surface area contributed by atoms with Gasteiger partial charge in [0.2, 0.25) is 0 Å². The Balaban J connectivity index is 2.77. The van der Waals surface area contributed by atoms with Crippen molar-refractivity contribution in [2.75, 3.05) is 0 Å². The van der Waals surface area contributed by atoms with Gasteiger partial charge in [0.25, 0.3) is 0 Å². The molecule has 1 aliphatic heterocycles. The molecule has 1 aliphatic rings. The molecule has 3 heteroatoms. The number of nitrogens with zero attached hydrogens (tertiary/aromatic N) is 1. The van der Waals surface area contributed by atoms with Crippen LogP contribution in [0.4, 0.5) is 0 Å². The maximum Gasteiger partial charge on any atom is 0.0548 e. The van der Waals surface area contributed by atoms with Crippen molar-refractivity contribution in [3.05, 3.63) is 0 Å². The second-order valence-corrected chi connectivity index (χ2v) is 3.78. The Kier molecular flexibility index (Phi) is 1.40. The maximum absolute atomic E-state index is 3.89. The Bertz CT molecular complexity index is 78.2. The van der Waals surface area contributed by atoms with Crippen LogP contribution in [-0.2, 0) is 0 Å². The molecule has 0 amide bonds. The van der Waals surface area contributed by atoms with Crippen LogP contribution in [0.15, 0.2) is 4.99 Å². The minimum Gasteiger partial charge on any atom is -0.271 e. The lowest BCUT2D eigenvalue weighted by atomic mass is 10.9. The molecule has 0 spiro atoms. The van der Waals surface area contributed by atoms with E-state index in [0.29, 0.717) is 0 Å². The van der Waals surface area contributed by atoms with Gasteiger partial charge in [-0.1, -0.05) is 5.67 Å². The van der Waals surface area contributed by atoms with E-state index in [1.807, 2.05) is 12.0 Å². The Labute approximate surface area is 40.8 Å². The van der Waals surface area contributed by atoms with Crippen molar-refractivity contribution < 1.29 is 0 Å². The van der Waals surface area contributed by atoms with E-state index in [4.69, 9.17) is 0 Å². The van der Waals surface area contributed by atoms with Crippen LogP contribution in [0.5, 0.6) is 0 Å². The van der Waals surface area contributed by atoms with Gasteiger partial charge in [0.1, 0.15) is 0 Å². The SMILES string of the molecule is C1=NC=[Si][Si]=C1. The smallest absolute Gasteiger partial charge is 0.0548 e. The third-order valence-corrected chi connectivity index (χ3v) is 2.61. The van der Waals surface area contributed by atoms with Crippen molar-refractivity contribution in [3.8, 4) is 0 Å². The van der Waals surface area contributed by atoms with Crippen molar-refractivity contribution in [2.24, 2.45) is 4.99 Å². The fourth-order valence-corrected chi connectivity index (χ4v) is 1.70. The van der Waals surface area contributed by atoms with Gasteiger partial charge in [0.15, 0.2) is 0 Å². The molecule has 0 atom stereocenters. The lowest BCUT2D eigenvalue weighted by Gasteiger charge is -1.75. The largest absolute Gasteiger partial charge is 0.271 e. The Morgan fingerprint density at radius 1 is 1.33 bits per heavy atom. The van der Waals surface area contributed by atoms with E-state index in [-0.39, 0.29) is 0 Å². The number of hydrogen-bond acceptors (Lipinski definition) is 1. The molecule has 0 N–H and O–H groups in total. The van der Waals surface area contributed by atoms with Crippen molar-refractivity contribution >= 4 is 35.0 Å². The Morgan fingerprint density at radius 2 is 2.33 bits per heavy atom. The summed E-state index contributed by atoms with van der Waals surface area (Å²) in [6.07, 6.45) is 1.86. The molecule has 2 radical (unpaired) electrons. The van der Waals surface area contributed by atoms with Crippen molar-refractivity contribution in [2.45, 2.75) is 0 Å². The van der Waals surface area contributed by atoms with Crippen molar-refractivity contribution in [1.82, 2.24) is 0 Å².